The molecule has 18 heavy (non-hydrogen) atoms. The molecule has 2 aromatic rings. The van der Waals surface area contributed by atoms with Gasteiger partial charge in [-0.25, -0.2) is 0 Å². The largest absolute Gasteiger partial charge is 0.345 e. The van der Waals surface area contributed by atoms with Crippen LogP contribution in [0.5, 0.6) is 0 Å². The Morgan fingerprint density at radius 1 is 1.22 bits per heavy atom. The molecule has 0 radical (unpaired) electrons. The zero-order chi connectivity index (χ0) is 12.8. The first-order chi connectivity index (χ1) is 8.75. The summed E-state index contributed by atoms with van der Waals surface area (Å²) in [5.41, 5.74) is 1.02. The van der Waals surface area contributed by atoms with Gasteiger partial charge in [-0.1, -0.05) is 36.4 Å². The lowest BCUT2D eigenvalue weighted by Crippen LogP contribution is -2.23. The summed E-state index contributed by atoms with van der Waals surface area (Å²) in [7, 11) is 0. The van der Waals surface area contributed by atoms with Gasteiger partial charge in [-0.15, -0.1) is 11.3 Å². The summed E-state index contributed by atoms with van der Waals surface area (Å²) in [4.78, 5) is 12.9. The van der Waals surface area contributed by atoms with Gasteiger partial charge >= 0.3 is 0 Å². The van der Waals surface area contributed by atoms with Gasteiger partial charge in [-0.2, -0.15) is 0 Å². The van der Waals surface area contributed by atoms with Crippen LogP contribution in [0.1, 0.15) is 23.4 Å². The topological polar surface area (TPSA) is 29.1 Å². The molecule has 0 unspecified atom stereocenters. The molecule has 2 rings (SSSR count). The minimum atomic E-state index is -0.0697. The molecular formula is C15H15NOS. The molecule has 92 valence electrons. The summed E-state index contributed by atoms with van der Waals surface area (Å²) < 4.78 is 0. The fourth-order valence-corrected chi connectivity index (χ4v) is 2.34. The zero-order valence-corrected chi connectivity index (χ0v) is 11.0. The molecule has 1 N–H and O–H groups in total. The Bertz CT molecular complexity index is 517. The second-order valence-electron chi connectivity index (χ2n) is 3.99. The Morgan fingerprint density at radius 3 is 2.67 bits per heavy atom. The van der Waals surface area contributed by atoms with Gasteiger partial charge < -0.3 is 5.32 Å². The van der Waals surface area contributed by atoms with Crippen LogP contribution in [0.3, 0.4) is 0 Å². The molecular weight excluding hydrogens is 242 g/mol. The molecule has 1 atom stereocenters. The van der Waals surface area contributed by atoms with Crippen molar-refractivity contribution in [3.8, 4) is 0 Å². The number of amides is 1. The lowest BCUT2D eigenvalue weighted by atomic mass is 10.2. The zero-order valence-electron chi connectivity index (χ0n) is 10.2. The number of benzene rings is 1. The van der Waals surface area contributed by atoms with E-state index in [9.17, 15) is 4.79 Å². The number of carbonyl (C=O) groups excluding carboxylic acids is 1. The monoisotopic (exact) mass is 257 g/mol. The highest BCUT2D eigenvalue weighted by Gasteiger charge is 2.07. The Kier molecular flexibility index (Phi) is 4.31. The van der Waals surface area contributed by atoms with Crippen molar-refractivity contribution in [1.82, 2.24) is 5.32 Å². The third-order valence-electron chi connectivity index (χ3n) is 2.56. The standard InChI is InChI=1S/C15H15NOS/c1-12(14-8-5-11-18-14)16-15(17)10-9-13-6-3-2-4-7-13/h2-12H,1H3,(H,16,17)/b10-9+/t12-/m1/s1. The van der Waals surface area contributed by atoms with Crippen molar-refractivity contribution in [3.63, 3.8) is 0 Å². The third kappa shape index (κ3) is 3.57. The summed E-state index contributed by atoms with van der Waals surface area (Å²) in [5.74, 6) is -0.0697. The molecule has 0 aliphatic heterocycles. The van der Waals surface area contributed by atoms with E-state index in [1.54, 1.807) is 17.4 Å². The molecule has 0 spiro atoms. The van der Waals surface area contributed by atoms with Gasteiger partial charge in [0.1, 0.15) is 0 Å². The van der Waals surface area contributed by atoms with Gasteiger partial charge in [0, 0.05) is 11.0 Å². The van der Waals surface area contributed by atoms with Gasteiger partial charge in [-0.05, 0) is 30.0 Å². The van der Waals surface area contributed by atoms with Crippen LogP contribution in [-0.2, 0) is 4.79 Å². The van der Waals surface area contributed by atoms with Crippen molar-refractivity contribution in [3.05, 3.63) is 64.4 Å². The number of hydrogen-bond acceptors (Lipinski definition) is 2. The van der Waals surface area contributed by atoms with Crippen molar-refractivity contribution >= 4 is 23.3 Å². The van der Waals surface area contributed by atoms with Crippen LogP contribution < -0.4 is 5.32 Å². The van der Waals surface area contributed by atoms with Crippen molar-refractivity contribution in [2.75, 3.05) is 0 Å². The van der Waals surface area contributed by atoms with Crippen molar-refractivity contribution in [1.29, 1.82) is 0 Å². The van der Waals surface area contributed by atoms with Crippen LogP contribution in [0.15, 0.2) is 53.9 Å². The first kappa shape index (κ1) is 12.6. The maximum Gasteiger partial charge on any atom is 0.244 e. The smallest absolute Gasteiger partial charge is 0.244 e. The second-order valence-corrected chi connectivity index (χ2v) is 4.97. The van der Waals surface area contributed by atoms with E-state index in [-0.39, 0.29) is 11.9 Å². The Labute approximate surface area is 111 Å². The first-order valence-electron chi connectivity index (χ1n) is 5.83. The maximum atomic E-state index is 11.7. The van der Waals surface area contributed by atoms with Crippen LogP contribution >= 0.6 is 11.3 Å². The van der Waals surface area contributed by atoms with Gasteiger partial charge in [0.15, 0.2) is 0 Å². The predicted molar refractivity (Wildman–Crippen MR) is 76.4 cm³/mol. The van der Waals surface area contributed by atoms with Crippen molar-refractivity contribution in [2.24, 2.45) is 0 Å². The molecule has 0 saturated carbocycles. The molecule has 3 heteroatoms. The summed E-state index contributed by atoms with van der Waals surface area (Å²) in [6.07, 6.45) is 3.38. The average molecular weight is 257 g/mol. The van der Waals surface area contributed by atoms with Crippen LogP contribution in [0, 0.1) is 0 Å². The maximum absolute atomic E-state index is 11.7. The lowest BCUT2D eigenvalue weighted by Gasteiger charge is -2.09. The summed E-state index contributed by atoms with van der Waals surface area (Å²) >= 11 is 1.65. The molecule has 0 saturated heterocycles. The highest BCUT2D eigenvalue weighted by Crippen LogP contribution is 2.17. The normalized spacial score (nSPS) is 12.5. The number of thiophene rings is 1. The van der Waals surface area contributed by atoms with Gasteiger partial charge in [-0.3, -0.25) is 4.79 Å². The quantitative estimate of drug-likeness (QED) is 0.832. The molecule has 0 fully saturated rings. The molecule has 0 aliphatic rings. The Morgan fingerprint density at radius 2 is 2.00 bits per heavy atom. The van der Waals surface area contributed by atoms with Crippen LogP contribution in [-0.4, -0.2) is 5.91 Å². The predicted octanol–water partition coefficient (Wildman–Crippen LogP) is 3.64. The van der Waals surface area contributed by atoms with E-state index < -0.39 is 0 Å². The van der Waals surface area contributed by atoms with E-state index >= 15 is 0 Å². The minimum Gasteiger partial charge on any atom is -0.345 e. The van der Waals surface area contributed by atoms with Crippen molar-refractivity contribution in [2.45, 2.75) is 13.0 Å². The summed E-state index contributed by atoms with van der Waals surface area (Å²) in [5, 5.41) is 4.95. The summed E-state index contributed by atoms with van der Waals surface area (Å²) in [6.45, 7) is 1.99. The Balaban J connectivity index is 1.91. The van der Waals surface area contributed by atoms with E-state index in [0.29, 0.717) is 0 Å². The fraction of sp³-hybridized carbons (Fsp3) is 0.133. The highest BCUT2D eigenvalue weighted by molar-refractivity contribution is 7.10. The number of nitrogens with one attached hydrogen (secondary N) is 1. The molecule has 1 heterocycles. The first-order valence-corrected chi connectivity index (χ1v) is 6.71. The second kappa shape index (κ2) is 6.17. The van der Waals surface area contributed by atoms with E-state index in [1.807, 2.05) is 60.8 Å². The van der Waals surface area contributed by atoms with Gasteiger partial charge in [0.05, 0.1) is 6.04 Å². The lowest BCUT2D eigenvalue weighted by molar-refractivity contribution is -0.117. The fourth-order valence-electron chi connectivity index (χ4n) is 1.61. The average Bonchev–Trinajstić information content (AvgIpc) is 2.91. The molecule has 1 amide bonds. The molecule has 1 aromatic heterocycles. The highest BCUT2D eigenvalue weighted by atomic mass is 32.1. The van der Waals surface area contributed by atoms with E-state index in [0.717, 1.165) is 10.4 Å². The third-order valence-corrected chi connectivity index (χ3v) is 3.61. The minimum absolute atomic E-state index is 0.0536. The van der Waals surface area contributed by atoms with Gasteiger partial charge in [0.25, 0.3) is 0 Å². The van der Waals surface area contributed by atoms with E-state index in [2.05, 4.69) is 5.32 Å². The summed E-state index contributed by atoms with van der Waals surface area (Å²) in [6, 6.07) is 13.9. The molecule has 0 bridgehead atoms. The number of hydrogen-bond donors (Lipinski definition) is 1. The van der Waals surface area contributed by atoms with Gasteiger partial charge in [0.2, 0.25) is 5.91 Å². The van der Waals surface area contributed by atoms with Crippen LogP contribution in [0.4, 0.5) is 0 Å². The number of carbonyl (C=O) groups is 1. The van der Waals surface area contributed by atoms with Crippen molar-refractivity contribution < 1.29 is 4.79 Å². The SMILES string of the molecule is C[C@@H](NC(=O)/C=C/c1ccccc1)c1cccs1. The van der Waals surface area contributed by atoms with E-state index in [1.165, 1.54) is 0 Å². The van der Waals surface area contributed by atoms with Crippen LogP contribution in [0.2, 0.25) is 0 Å². The number of rotatable bonds is 4. The van der Waals surface area contributed by atoms with Crippen LogP contribution in [0.25, 0.3) is 6.08 Å². The Hall–Kier alpha value is -1.87. The molecule has 2 nitrogen and oxygen atoms in total. The molecule has 0 aliphatic carbocycles. The van der Waals surface area contributed by atoms with E-state index in [4.69, 9.17) is 0 Å². The molecule has 1 aromatic carbocycles.